The molecule has 0 unspecified atom stereocenters. The number of alkyl halides is 1. The van der Waals surface area contributed by atoms with Gasteiger partial charge in [-0.3, -0.25) is 4.39 Å². The van der Waals surface area contributed by atoms with E-state index < -0.39 is 0 Å². The summed E-state index contributed by atoms with van der Waals surface area (Å²) in [4.78, 5) is 13.2. The first-order valence-electron chi connectivity index (χ1n) is 5.51. The topological polar surface area (TPSA) is 29.4 Å². The number of unbranched alkanes of at least 4 members (excludes halogenated alkanes) is 7. The lowest BCUT2D eigenvalue weighted by Crippen LogP contribution is -1.84. The molecule has 0 saturated heterocycles. The Morgan fingerprint density at radius 2 is 1.36 bits per heavy atom. The van der Waals surface area contributed by atoms with Crippen molar-refractivity contribution >= 4 is 6.08 Å². The minimum Gasteiger partial charge on any atom is -0.251 e. The molecular weight excluding hydrogens is 181 g/mol. The largest absolute Gasteiger partial charge is 0.251 e. The number of carbonyl (C=O) groups excluding carboxylic acids is 1. The fourth-order valence-electron chi connectivity index (χ4n) is 1.39. The molecule has 0 saturated carbocycles. The Hall–Kier alpha value is -0.690. The SMILES string of the molecule is O=C=NCCCCCCCCCCF. The third-order valence-corrected chi connectivity index (χ3v) is 2.22. The molecule has 0 heterocycles. The van der Waals surface area contributed by atoms with Crippen LogP contribution in [0.3, 0.4) is 0 Å². The van der Waals surface area contributed by atoms with Gasteiger partial charge in [0.15, 0.2) is 0 Å². The van der Waals surface area contributed by atoms with E-state index in [4.69, 9.17) is 0 Å². The number of aliphatic imine (C=N–C) groups is 1. The van der Waals surface area contributed by atoms with Gasteiger partial charge in [-0.2, -0.15) is 0 Å². The minimum absolute atomic E-state index is 0.177. The molecule has 82 valence electrons. The standard InChI is InChI=1S/C11H20FNO/c12-9-7-5-3-1-2-4-6-8-10-13-11-14/h1-10H2. The summed E-state index contributed by atoms with van der Waals surface area (Å²) in [5.41, 5.74) is 0. The molecule has 0 aromatic heterocycles. The Bertz CT molecular complexity index is 155. The number of nitrogens with zero attached hydrogens (tertiary/aromatic N) is 1. The zero-order chi connectivity index (χ0) is 10.5. The van der Waals surface area contributed by atoms with Crippen molar-refractivity contribution in [3.05, 3.63) is 0 Å². The summed E-state index contributed by atoms with van der Waals surface area (Å²) in [6.07, 6.45) is 10.2. The monoisotopic (exact) mass is 201 g/mol. The molecule has 2 nitrogen and oxygen atoms in total. The molecule has 0 aliphatic carbocycles. The van der Waals surface area contributed by atoms with E-state index in [9.17, 15) is 9.18 Å². The molecule has 0 aliphatic rings. The van der Waals surface area contributed by atoms with Crippen molar-refractivity contribution in [3.8, 4) is 0 Å². The van der Waals surface area contributed by atoms with Gasteiger partial charge in [0.2, 0.25) is 6.08 Å². The van der Waals surface area contributed by atoms with Crippen molar-refractivity contribution in [2.24, 2.45) is 4.99 Å². The van der Waals surface area contributed by atoms with Crippen LogP contribution in [0.4, 0.5) is 4.39 Å². The van der Waals surface area contributed by atoms with Gasteiger partial charge in [-0.15, -0.1) is 0 Å². The molecule has 0 aromatic carbocycles. The predicted octanol–water partition coefficient (Wildman–Crippen LogP) is 3.41. The fourth-order valence-corrected chi connectivity index (χ4v) is 1.39. The van der Waals surface area contributed by atoms with Gasteiger partial charge in [0.05, 0.1) is 13.2 Å². The molecule has 0 rings (SSSR count). The number of rotatable bonds is 10. The molecule has 0 spiro atoms. The average Bonchev–Trinajstić information content (AvgIpc) is 2.21. The maximum absolute atomic E-state index is 11.7. The van der Waals surface area contributed by atoms with Crippen molar-refractivity contribution in [2.75, 3.05) is 13.2 Å². The van der Waals surface area contributed by atoms with E-state index in [1.54, 1.807) is 0 Å². The van der Waals surface area contributed by atoms with Crippen LogP contribution in [0.15, 0.2) is 4.99 Å². The van der Waals surface area contributed by atoms with Crippen molar-refractivity contribution in [2.45, 2.75) is 51.4 Å². The summed E-state index contributed by atoms with van der Waals surface area (Å²) in [7, 11) is 0. The van der Waals surface area contributed by atoms with Crippen LogP contribution >= 0.6 is 0 Å². The third kappa shape index (κ3) is 11.3. The minimum atomic E-state index is -0.177. The number of hydrogen-bond donors (Lipinski definition) is 0. The lowest BCUT2D eigenvalue weighted by molar-refractivity contribution is 0.449. The van der Waals surface area contributed by atoms with Crippen LogP contribution in [-0.4, -0.2) is 19.3 Å². The summed E-state index contributed by atoms with van der Waals surface area (Å²) >= 11 is 0. The van der Waals surface area contributed by atoms with E-state index in [2.05, 4.69) is 4.99 Å². The summed E-state index contributed by atoms with van der Waals surface area (Å²) in [5, 5.41) is 0. The van der Waals surface area contributed by atoms with Gasteiger partial charge in [0, 0.05) is 0 Å². The molecule has 0 aromatic rings. The van der Waals surface area contributed by atoms with Gasteiger partial charge in [0.25, 0.3) is 0 Å². The highest BCUT2D eigenvalue weighted by Crippen LogP contribution is 2.08. The smallest absolute Gasteiger partial charge is 0.234 e. The van der Waals surface area contributed by atoms with Crippen molar-refractivity contribution in [1.82, 2.24) is 0 Å². The fraction of sp³-hybridized carbons (Fsp3) is 0.909. The van der Waals surface area contributed by atoms with Crippen molar-refractivity contribution in [3.63, 3.8) is 0 Å². The Balaban J connectivity index is 2.88. The molecule has 0 atom stereocenters. The second kappa shape index (κ2) is 12.3. The average molecular weight is 201 g/mol. The van der Waals surface area contributed by atoms with E-state index in [0.717, 1.165) is 25.7 Å². The van der Waals surface area contributed by atoms with E-state index >= 15 is 0 Å². The van der Waals surface area contributed by atoms with Crippen LogP contribution < -0.4 is 0 Å². The Labute approximate surface area is 85.6 Å². The molecular formula is C11H20FNO. The van der Waals surface area contributed by atoms with Crippen molar-refractivity contribution < 1.29 is 9.18 Å². The molecule has 3 heteroatoms. The zero-order valence-corrected chi connectivity index (χ0v) is 8.80. The lowest BCUT2D eigenvalue weighted by Gasteiger charge is -1.99. The number of halogens is 1. The maximum Gasteiger partial charge on any atom is 0.234 e. The third-order valence-electron chi connectivity index (χ3n) is 2.22. The van der Waals surface area contributed by atoms with Gasteiger partial charge in [-0.25, -0.2) is 9.79 Å². The first kappa shape index (κ1) is 13.3. The highest BCUT2D eigenvalue weighted by Gasteiger charge is 1.91. The quantitative estimate of drug-likeness (QED) is 0.302. The highest BCUT2D eigenvalue weighted by atomic mass is 19.1. The van der Waals surface area contributed by atoms with Crippen LogP contribution in [-0.2, 0) is 4.79 Å². The van der Waals surface area contributed by atoms with Crippen LogP contribution in [0.25, 0.3) is 0 Å². The summed E-state index contributed by atoms with van der Waals surface area (Å²) in [6.45, 7) is 0.440. The lowest BCUT2D eigenvalue weighted by atomic mass is 10.1. The normalized spacial score (nSPS) is 9.79. The van der Waals surface area contributed by atoms with Crippen LogP contribution in [0.1, 0.15) is 51.4 Å². The van der Waals surface area contributed by atoms with Gasteiger partial charge in [0.1, 0.15) is 0 Å². The predicted molar refractivity (Wildman–Crippen MR) is 55.9 cm³/mol. The summed E-state index contributed by atoms with van der Waals surface area (Å²) in [5.74, 6) is 0. The van der Waals surface area contributed by atoms with E-state index in [0.29, 0.717) is 13.0 Å². The van der Waals surface area contributed by atoms with E-state index in [-0.39, 0.29) is 6.67 Å². The number of hydrogen-bond acceptors (Lipinski definition) is 2. The summed E-state index contributed by atoms with van der Waals surface area (Å²) in [6, 6.07) is 0. The van der Waals surface area contributed by atoms with Gasteiger partial charge in [-0.1, -0.05) is 38.5 Å². The molecule has 0 aliphatic heterocycles. The summed E-state index contributed by atoms with van der Waals surface area (Å²) < 4.78 is 11.7. The van der Waals surface area contributed by atoms with Crippen LogP contribution in [0.5, 0.6) is 0 Å². The molecule has 0 fully saturated rings. The van der Waals surface area contributed by atoms with Gasteiger partial charge >= 0.3 is 0 Å². The second-order valence-corrected chi connectivity index (χ2v) is 3.49. The Morgan fingerprint density at radius 1 is 0.857 bits per heavy atom. The molecule has 0 radical (unpaired) electrons. The van der Waals surface area contributed by atoms with Crippen molar-refractivity contribution in [1.29, 1.82) is 0 Å². The molecule has 0 amide bonds. The van der Waals surface area contributed by atoms with Gasteiger partial charge in [-0.05, 0) is 12.8 Å². The number of isocyanates is 1. The molecule has 0 N–H and O–H groups in total. The Kier molecular flexibility index (Phi) is 11.7. The zero-order valence-electron chi connectivity index (χ0n) is 8.80. The van der Waals surface area contributed by atoms with E-state index in [1.165, 1.54) is 25.3 Å². The van der Waals surface area contributed by atoms with Crippen LogP contribution in [0.2, 0.25) is 0 Å². The van der Waals surface area contributed by atoms with Crippen LogP contribution in [0, 0.1) is 0 Å². The first-order chi connectivity index (χ1) is 6.91. The van der Waals surface area contributed by atoms with E-state index in [1.807, 2.05) is 0 Å². The first-order valence-corrected chi connectivity index (χ1v) is 5.51. The Morgan fingerprint density at radius 3 is 1.86 bits per heavy atom. The maximum atomic E-state index is 11.7. The molecule has 14 heavy (non-hydrogen) atoms. The molecule has 0 bridgehead atoms. The second-order valence-electron chi connectivity index (χ2n) is 3.49. The van der Waals surface area contributed by atoms with Gasteiger partial charge < -0.3 is 0 Å². The highest BCUT2D eigenvalue weighted by molar-refractivity contribution is 5.32.